The molecule has 0 aliphatic heterocycles. The smallest absolute Gasteiger partial charge is 0.128 e. The van der Waals surface area contributed by atoms with Crippen molar-refractivity contribution in [2.45, 2.75) is 6.54 Å². The van der Waals surface area contributed by atoms with Crippen molar-refractivity contribution in [1.29, 1.82) is 0 Å². The number of halogens is 2. The van der Waals surface area contributed by atoms with E-state index in [1.807, 2.05) is 24.3 Å². The number of pyridine rings is 1. The van der Waals surface area contributed by atoms with Crippen LogP contribution in [0.15, 0.2) is 54.9 Å². The molecule has 0 saturated heterocycles. The Kier molecular flexibility index (Phi) is 3.52. The number of hydrogen-bond donors (Lipinski definition) is 1. The van der Waals surface area contributed by atoms with E-state index in [2.05, 4.69) is 10.3 Å². The Morgan fingerprint density at radius 3 is 2.95 bits per heavy atom. The van der Waals surface area contributed by atoms with Crippen LogP contribution in [0.2, 0.25) is 5.02 Å². The Labute approximate surface area is 121 Å². The first-order chi connectivity index (χ1) is 9.74. The summed E-state index contributed by atoms with van der Waals surface area (Å²) in [4.78, 5) is 4.13. The van der Waals surface area contributed by atoms with Crippen molar-refractivity contribution in [2.24, 2.45) is 0 Å². The van der Waals surface area contributed by atoms with Gasteiger partial charge < -0.3 is 5.32 Å². The molecule has 4 heteroatoms. The molecule has 1 heterocycles. The Hall–Kier alpha value is -2.13. The zero-order chi connectivity index (χ0) is 13.9. The number of fused-ring (bicyclic) bond motifs is 1. The number of rotatable bonds is 3. The highest BCUT2D eigenvalue weighted by Gasteiger charge is 2.05. The summed E-state index contributed by atoms with van der Waals surface area (Å²) in [6, 6.07) is 12.4. The average molecular weight is 287 g/mol. The monoisotopic (exact) mass is 286 g/mol. The lowest BCUT2D eigenvalue weighted by atomic mass is 10.1. The van der Waals surface area contributed by atoms with Gasteiger partial charge in [-0.15, -0.1) is 0 Å². The number of nitrogens with one attached hydrogen (secondary N) is 1. The van der Waals surface area contributed by atoms with E-state index in [-0.39, 0.29) is 5.82 Å². The van der Waals surface area contributed by atoms with Crippen LogP contribution in [0, 0.1) is 5.82 Å². The van der Waals surface area contributed by atoms with Crippen molar-refractivity contribution in [1.82, 2.24) is 4.98 Å². The van der Waals surface area contributed by atoms with Crippen LogP contribution in [0.4, 0.5) is 10.1 Å². The Bertz CT molecular complexity index is 753. The van der Waals surface area contributed by atoms with Crippen molar-refractivity contribution >= 4 is 28.1 Å². The van der Waals surface area contributed by atoms with E-state index in [9.17, 15) is 4.39 Å². The van der Waals surface area contributed by atoms with Gasteiger partial charge in [0.2, 0.25) is 0 Å². The quantitative estimate of drug-likeness (QED) is 0.759. The number of aromatic nitrogens is 1. The molecule has 0 aliphatic carbocycles. The van der Waals surface area contributed by atoms with Crippen molar-refractivity contribution in [2.75, 3.05) is 5.32 Å². The van der Waals surface area contributed by atoms with Crippen LogP contribution in [0.25, 0.3) is 10.8 Å². The van der Waals surface area contributed by atoms with E-state index in [1.54, 1.807) is 24.5 Å². The maximum atomic E-state index is 13.7. The third-order valence-electron chi connectivity index (χ3n) is 3.16. The first-order valence-electron chi connectivity index (χ1n) is 6.24. The van der Waals surface area contributed by atoms with Gasteiger partial charge in [0.15, 0.2) is 0 Å². The number of hydrogen-bond acceptors (Lipinski definition) is 2. The van der Waals surface area contributed by atoms with Gasteiger partial charge in [0.05, 0.1) is 0 Å². The molecule has 100 valence electrons. The standard InChI is InChI=1S/C16H12ClFN2/c17-13-4-5-15(18)12(8-13)9-20-16-3-1-2-11-6-7-19-10-14(11)16/h1-8,10,20H,9H2. The van der Waals surface area contributed by atoms with Crippen molar-refractivity contribution < 1.29 is 4.39 Å². The van der Waals surface area contributed by atoms with E-state index >= 15 is 0 Å². The molecule has 1 aromatic heterocycles. The van der Waals surface area contributed by atoms with Crippen LogP contribution in [0.3, 0.4) is 0 Å². The molecule has 1 N–H and O–H groups in total. The third-order valence-corrected chi connectivity index (χ3v) is 3.40. The minimum atomic E-state index is -0.264. The SMILES string of the molecule is Fc1ccc(Cl)cc1CNc1cccc2ccncc12. The summed E-state index contributed by atoms with van der Waals surface area (Å²) < 4.78 is 13.7. The van der Waals surface area contributed by atoms with Gasteiger partial charge in [-0.2, -0.15) is 0 Å². The van der Waals surface area contributed by atoms with E-state index in [1.165, 1.54) is 6.07 Å². The highest BCUT2D eigenvalue weighted by molar-refractivity contribution is 6.30. The fourth-order valence-electron chi connectivity index (χ4n) is 2.14. The van der Waals surface area contributed by atoms with Gasteiger partial charge in [-0.1, -0.05) is 23.7 Å². The normalized spacial score (nSPS) is 10.7. The van der Waals surface area contributed by atoms with Gasteiger partial charge in [0.1, 0.15) is 5.82 Å². The second-order valence-corrected chi connectivity index (χ2v) is 4.93. The first-order valence-corrected chi connectivity index (χ1v) is 6.62. The lowest BCUT2D eigenvalue weighted by Gasteiger charge is -2.10. The molecule has 3 rings (SSSR count). The van der Waals surface area contributed by atoms with E-state index in [4.69, 9.17) is 11.6 Å². The molecular weight excluding hydrogens is 275 g/mol. The number of anilines is 1. The fraction of sp³-hybridized carbons (Fsp3) is 0.0625. The zero-order valence-corrected chi connectivity index (χ0v) is 11.4. The highest BCUT2D eigenvalue weighted by atomic mass is 35.5. The van der Waals surface area contributed by atoms with Crippen LogP contribution >= 0.6 is 11.6 Å². The predicted octanol–water partition coefficient (Wildman–Crippen LogP) is 4.64. The van der Waals surface area contributed by atoms with Crippen LogP contribution in [0.5, 0.6) is 0 Å². The number of nitrogens with zero attached hydrogens (tertiary/aromatic N) is 1. The summed E-state index contributed by atoms with van der Waals surface area (Å²) in [6.07, 6.45) is 3.55. The van der Waals surface area contributed by atoms with Gasteiger partial charge in [-0.3, -0.25) is 4.98 Å². The molecule has 0 atom stereocenters. The third kappa shape index (κ3) is 2.58. The van der Waals surface area contributed by atoms with Gasteiger partial charge in [0.25, 0.3) is 0 Å². The first kappa shape index (κ1) is 12.9. The lowest BCUT2D eigenvalue weighted by Crippen LogP contribution is -2.02. The molecule has 0 amide bonds. The summed E-state index contributed by atoms with van der Waals surface area (Å²) >= 11 is 5.89. The van der Waals surface area contributed by atoms with E-state index in [0.29, 0.717) is 17.1 Å². The Balaban J connectivity index is 1.89. The van der Waals surface area contributed by atoms with E-state index < -0.39 is 0 Å². The number of benzene rings is 2. The molecule has 0 bridgehead atoms. The summed E-state index contributed by atoms with van der Waals surface area (Å²) in [5.41, 5.74) is 1.47. The molecule has 0 spiro atoms. The van der Waals surface area contributed by atoms with Gasteiger partial charge in [-0.05, 0) is 35.7 Å². The Morgan fingerprint density at radius 1 is 1.15 bits per heavy atom. The van der Waals surface area contributed by atoms with Crippen LogP contribution < -0.4 is 5.32 Å². The molecule has 2 aromatic carbocycles. The zero-order valence-electron chi connectivity index (χ0n) is 10.6. The van der Waals surface area contributed by atoms with Gasteiger partial charge >= 0.3 is 0 Å². The van der Waals surface area contributed by atoms with Crippen LogP contribution in [0.1, 0.15) is 5.56 Å². The topological polar surface area (TPSA) is 24.9 Å². The minimum Gasteiger partial charge on any atom is -0.380 e. The average Bonchev–Trinajstić information content (AvgIpc) is 2.48. The molecule has 0 saturated carbocycles. The fourth-order valence-corrected chi connectivity index (χ4v) is 2.33. The van der Waals surface area contributed by atoms with Crippen LogP contribution in [-0.2, 0) is 6.54 Å². The molecule has 0 unspecified atom stereocenters. The van der Waals surface area contributed by atoms with Gasteiger partial charge in [0, 0.05) is 40.6 Å². The van der Waals surface area contributed by atoms with Crippen molar-refractivity contribution in [3.05, 3.63) is 71.3 Å². The molecule has 0 radical (unpaired) electrons. The largest absolute Gasteiger partial charge is 0.380 e. The highest BCUT2D eigenvalue weighted by Crippen LogP contribution is 2.23. The van der Waals surface area contributed by atoms with Gasteiger partial charge in [-0.25, -0.2) is 4.39 Å². The molecule has 0 aliphatic rings. The molecule has 3 aromatic rings. The molecule has 2 nitrogen and oxygen atoms in total. The lowest BCUT2D eigenvalue weighted by molar-refractivity contribution is 0.613. The predicted molar refractivity (Wildman–Crippen MR) is 80.5 cm³/mol. The second kappa shape index (κ2) is 5.47. The molecule has 0 fully saturated rings. The van der Waals surface area contributed by atoms with Crippen molar-refractivity contribution in [3.8, 4) is 0 Å². The second-order valence-electron chi connectivity index (χ2n) is 4.49. The van der Waals surface area contributed by atoms with Crippen LogP contribution in [-0.4, -0.2) is 4.98 Å². The summed E-state index contributed by atoms with van der Waals surface area (Å²) in [7, 11) is 0. The maximum absolute atomic E-state index is 13.7. The molecule has 20 heavy (non-hydrogen) atoms. The molecular formula is C16H12ClFN2. The summed E-state index contributed by atoms with van der Waals surface area (Å²) in [5.74, 6) is -0.264. The van der Waals surface area contributed by atoms with E-state index in [0.717, 1.165) is 16.5 Å². The minimum absolute atomic E-state index is 0.264. The Morgan fingerprint density at radius 2 is 2.05 bits per heavy atom. The summed E-state index contributed by atoms with van der Waals surface area (Å²) in [5, 5.41) is 5.87. The summed E-state index contributed by atoms with van der Waals surface area (Å²) in [6.45, 7) is 0.375. The maximum Gasteiger partial charge on any atom is 0.128 e. The van der Waals surface area contributed by atoms with Crippen molar-refractivity contribution in [3.63, 3.8) is 0 Å².